The summed E-state index contributed by atoms with van der Waals surface area (Å²) in [7, 11) is 1.54. The van der Waals surface area contributed by atoms with Crippen molar-refractivity contribution in [1.82, 2.24) is 5.32 Å². The zero-order chi connectivity index (χ0) is 17.7. The van der Waals surface area contributed by atoms with Crippen LogP contribution in [-0.4, -0.2) is 47.3 Å². The quantitative estimate of drug-likeness (QED) is 0.715. The van der Waals surface area contributed by atoms with Gasteiger partial charge < -0.3 is 25.0 Å². The molecule has 0 radical (unpaired) electrons. The van der Waals surface area contributed by atoms with Gasteiger partial charge in [0, 0.05) is 6.08 Å². The summed E-state index contributed by atoms with van der Waals surface area (Å²) >= 11 is 0. The molecule has 3 unspecified atom stereocenters. The number of hydrogen-bond donors (Lipinski definition) is 3. The molecule has 4 rings (SSSR count). The Hall–Kier alpha value is -2.90. The summed E-state index contributed by atoms with van der Waals surface area (Å²) in [5, 5.41) is 24.2. The minimum absolute atomic E-state index is 0.0279. The van der Waals surface area contributed by atoms with Crippen molar-refractivity contribution in [2.75, 3.05) is 7.11 Å². The first-order chi connectivity index (χ1) is 12.0. The number of amides is 1. The van der Waals surface area contributed by atoms with Gasteiger partial charge in [0.15, 0.2) is 5.78 Å². The molecule has 0 aromatic heterocycles. The second-order valence-corrected chi connectivity index (χ2v) is 6.00. The number of aliphatic hydroxyl groups excluding tert-OH is 1. The van der Waals surface area contributed by atoms with E-state index in [1.54, 1.807) is 18.2 Å². The number of carbonyl (C=O) groups is 2. The fourth-order valence-corrected chi connectivity index (χ4v) is 2.97. The number of fused-ring (bicyclic) bond motifs is 2. The first-order valence-corrected chi connectivity index (χ1v) is 7.69. The minimum Gasteiger partial charge on any atom is -0.507 e. The molecular formula is C18H15NO6. The topological polar surface area (TPSA) is 108 Å². The summed E-state index contributed by atoms with van der Waals surface area (Å²) in [6.07, 6.45) is -1.13. The van der Waals surface area contributed by atoms with Crippen LogP contribution in [0, 0.1) is 0 Å². The van der Waals surface area contributed by atoms with Crippen LogP contribution in [0.3, 0.4) is 0 Å². The fourth-order valence-electron chi connectivity index (χ4n) is 2.97. The Morgan fingerprint density at radius 3 is 2.80 bits per heavy atom. The number of rotatable bonds is 3. The van der Waals surface area contributed by atoms with E-state index in [0.717, 1.165) is 11.5 Å². The molecule has 7 heteroatoms. The molecule has 1 amide bonds. The van der Waals surface area contributed by atoms with Crippen molar-refractivity contribution < 1.29 is 29.3 Å². The van der Waals surface area contributed by atoms with E-state index in [2.05, 4.69) is 5.32 Å². The SMILES string of the molecule is COc1ccc2cc(O)c(C(=O)NC3=CC(=O)C4OC4C3O)cc2c1. The molecular weight excluding hydrogens is 326 g/mol. The lowest BCUT2D eigenvalue weighted by atomic mass is 10.00. The lowest BCUT2D eigenvalue weighted by molar-refractivity contribution is -0.116. The van der Waals surface area contributed by atoms with Gasteiger partial charge in [-0.15, -0.1) is 0 Å². The molecule has 0 spiro atoms. The summed E-state index contributed by atoms with van der Waals surface area (Å²) < 4.78 is 10.2. The number of aromatic hydroxyl groups is 1. The van der Waals surface area contributed by atoms with E-state index < -0.39 is 24.2 Å². The number of methoxy groups -OCH3 is 1. The number of aliphatic hydroxyl groups is 1. The summed E-state index contributed by atoms with van der Waals surface area (Å²) in [5.41, 5.74) is 0.0963. The van der Waals surface area contributed by atoms with Crippen molar-refractivity contribution >= 4 is 22.5 Å². The molecule has 2 aliphatic rings. The molecule has 1 saturated heterocycles. The van der Waals surface area contributed by atoms with Gasteiger partial charge in [-0.05, 0) is 35.0 Å². The Balaban J connectivity index is 1.65. The van der Waals surface area contributed by atoms with Crippen molar-refractivity contribution in [3.8, 4) is 11.5 Å². The van der Waals surface area contributed by atoms with Gasteiger partial charge in [-0.25, -0.2) is 0 Å². The molecule has 2 aromatic rings. The Morgan fingerprint density at radius 2 is 2.04 bits per heavy atom. The third kappa shape index (κ3) is 2.63. The highest BCUT2D eigenvalue weighted by atomic mass is 16.6. The van der Waals surface area contributed by atoms with Crippen LogP contribution < -0.4 is 10.1 Å². The van der Waals surface area contributed by atoms with Gasteiger partial charge in [-0.1, -0.05) is 6.07 Å². The van der Waals surface area contributed by atoms with E-state index in [9.17, 15) is 19.8 Å². The molecule has 1 fully saturated rings. The first-order valence-electron chi connectivity index (χ1n) is 7.69. The van der Waals surface area contributed by atoms with E-state index in [1.807, 2.05) is 0 Å². The zero-order valence-corrected chi connectivity index (χ0v) is 13.2. The molecule has 2 aromatic carbocycles. The summed E-state index contributed by atoms with van der Waals surface area (Å²) in [6.45, 7) is 0. The van der Waals surface area contributed by atoms with Crippen molar-refractivity contribution in [3.05, 3.63) is 47.7 Å². The predicted molar refractivity (Wildman–Crippen MR) is 87.4 cm³/mol. The van der Waals surface area contributed by atoms with Gasteiger partial charge in [0.25, 0.3) is 5.91 Å². The molecule has 0 bridgehead atoms. The largest absolute Gasteiger partial charge is 0.507 e. The normalized spacial score (nSPS) is 24.5. The summed E-state index contributed by atoms with van der Waals surface area (Å²) in [6, 6.07) is 8.26. The van der Waals surface area contributed by atoms with E-state index in [0.29, 0.717) is 11.1 Å². The Morgan fingerprint density at radius 1 is 1.24 bits per heavy atom. The average Bonchev–Trinajstić information content (AvgIpc) is 3.40. The monoisotopic (exact) mass is 341 g/mol. The maximum atomic E-state index is 12.5. The lowest BCUT2D eigenvalue weighted by Gasteiger charge is -2.17. The number of phenols is 1. The fraction of sp³-hybridized carbons (Fsp3) is 0.222. The molecule has 1 aliphatic heterocycles. The number of epoxide rings is 1. The van der Waals surface area contributed by atoms with Crippen LogP contribution in [0.1, 0.15) is 10.4 Å². The van der Waals surface area contributed by atoms with Gasteiger partial charge in [-0.2, -0.15) is 0 Å². The predicted octanol–water partition coefficient (Wildman–Crippen LogP) is 0.879. The number of hydrogen-bond acceptors (Lipinski definition) is 6. The number of benzene rings is 2. The van der Waals surface area contributed by atoms with Gasteiger partial charge in [0.2, 0.25) is 0 Å². The second-order valence-electron chi connectivity index (χ2n) is 6.00. The minimum atomic E-state index is -1.07. The van der Waals surface area contributed by atoms with Crippen LogP contribution in [0.15, 0.2) is 42.1 Å². The number of phenolic OH excluding ortho intramolecular Hbond substituents is 1. The van der Waals surface area contributed by atoms with Crippen molar-refractivity contribution in [3.63, 3.8) is 0 Å². The lowest BCUT2D eigenvalue weighted by Crippen LogP contribution is -2.37. The third-order valence-corrected chi connectivity index (χ3v) is 4.40. The number of ketones is 1. The van der Waals surface area contributed by atoms with Gasteiger partial charge in [0.1, 0.15) is 29.8 Å². The van der Waals surface area contributed by atoms with Gasteiger partial charge >= 0.3 is 0 Å². The Labute approximate surface area is 142 Å². The highest BCUT2D eigenvalue weighted by Crippen LogP contribution is 2.34. The van der Waals surface area contributed by atoms with Crippen LogP contribution >= 0.6 is 0 Å². The van der Waals surface area contributed by atoms with Crippen LogP contribution in [0.25, 0.3) is 10.8 Å². The van der Waals surface area contributed by atoms with Gasteiger partial charge in [-0.3, -0.25) is 9.59 Å². The molecule has 128 valence electrons. The van der Waals surface area contributed by atoms with Crippen molar-refractivity contribution in [2.45, 2.75) is 18.3 Å². The molecule has 7 nitrogen and oxygen atoms in total. The molecule has 25 heavy (non-hydrogen) atoms. The molecule has 1 aliphatic carbocycles. The maximum Gasteiger partial charge on any atom is 0.259 e. The molecule has 1 heterocycles. The third-order valence-electron chi connectivity index (χ3n) is 4.40. The van der Waals surface area contributed by atoms with Crippen LogP contribution in [0.4, 0.5) is 0 Å². The Kier molecular flexibility index (Phi) is 3.48. The zero-order valence-electron chi connectivity index (χ0n) is 13.2. The van der Waals surface area contributed by atoms with E-state index in [4.69, 9.17) is 9.47 Å². The average molecular weight is 341 g/mol. The van der Waals surface area contributed by atoms with E-state index in [-0.39, 0.29) is 22.8 Å². The molecule has 3 N–H and O–H groups in total. The van der Waals surface area contributed by atoms with Crippen LogP contribution in [0.2, 0.25) is 0 Å². The summed E-state index contributed by atoms with van der Waals surface area (Å²) in [5.74, 6) is -0.497. The molecule has 3 atom stereocenters. The highest BCUT2D eigenvalue weighted by Gasteiger charge is 2.53. The van der Waals surface area contributed by atoms with Gasteiger partial charge in [0.05, 0.1) is 18.4 Å². The Bertz CT molecular complexity index is 935. The molecule has 0 saturated carbocycles. The smallest absolute Gasteiger partial charge is 0.259 e. The number of carbonyl (C=O) groups excluding carboxylic acids is 2. The second kappa shape index (κ2) is 5.58. The first kappa shape index (κ1) is 15.6. The van der Waals surface area contributed by atoms with Crippen LogP contribution in [0.5, 0.6) is 11.5 Å². The summed E-state index contributed by atoms with van der Waals surface area (Å²) in [4.78, 5) is 24.2. The van der Waals surface area contributed by atoms with E-state index >= 15 is 0 Å². The number of ether oxygens (including phenoxy) is 2. The van der Waals surface area contributed by atoms with Crippen LogP contribution in [-0.2, 0) is 9.53 Å². The highest BCUT2D eigenvalue weighted by molar-refractivity contribution is 6.04. The standard InChI is InChI=1S/C18H15NO6/c1-24-10-3-2-8-6-13(20)11(5-9(8)4-10)18(23)19-12-7-14(21)16-17(25-16)15(12)22/h2-7,15-17,20,22H,1H3,(H,19,23). The van der Waals surface area contributed by atoms with E-state index in [1.165, 1.54) is 19.2 Å². The maximum absolute atomic E-state index is 12.5. The van der Waals surface area contributed by atoms with Crippen molar-refractivity contribution in [2.24, 2.45) is 0 Å². The number of nitrogens with one attached hydrogen (secondary N) is 1. The van der Waals surface area contributed by atoms with Crippen molar-refractivity contribution in [1.29, 1.82) is 0 Å².